The zero-order chi connectivity index (χ0) is 13.6. The highest BCUT2D eigenvalue weighted by Gasteiger charge is 2.20. The van der Waals surface area contributed by atoms with Crippen LogP contribution < -0.4 is 10.6 Å². The first kappa shape index (κ1) is 12.1. The average Bonchev–Trinajstić information content (AvgIpc) is 2.98. The van der Waals surface area contributed by atoms with E-state index in [4.69, 9.17) is 5.73 Å². The Balaban J connectivity index is 2.29. The van der Waals surface area contributed by atoms with E-state index < -0.39 is 0 Å². The molecule has 4 nitrogen and oxygen atoms in total. The zero-order valence-electron chi connectivity index (χ0n) is 11.4. The minimum Gasteiger partial charge on any atom is -0.371 e. The van der Waals surface area contributed by atoms with Gasteiger partial charge in [-0.25, -0.2) is 0 Å². The number of amides is 1. The largest absolute Gasteiger partial charge is 0.371 e. The summed E-state index contributed by atoms with van der Waals surface area (Å²) in [5.41, 5.74) is 10.5. The van der Waals surface area contributed by atoms with Crippen molar-refractivity contribution in [3.05, 3.63) is 29.0 Å². The van der Waals surface area contributed by atoms with Crippen LogP contribution in [0.1, 0.15) is 34.5 Å². The van der Waals surface area contributed by atoms with E-state index >= 15 is 0 Å². The molecule has 2 heterocycles. The number of carbonyl (C=O) groups excluding carboxylic acids is 1. The molecule has 0 bridgehead atoms. The third-order valence-corrected chi connectivity index (χ3v) is 4.15. The predicted octanol–water partition coefficient (Wildman–Crippen LogP) is 2.48. The molecule has 1 aromatic carbocycles. The molecule has 1 aliphatic rings. The second-order valence-corrected chi connectivity index (χ2v) is 5.32. The van der Waals surface area contributed by atoms with Gasteiger partial charge in [0.2, 0.25) is 0 Å². The number of hydrogen-bond acceptors (Lipinski definition) is 2. The van der Waals surface area contributed by atoms with Crippen LogP contribution in [0.4, 0.5) is 5.69 Å². The number of aromatic nitrogens is 1. The van der Waals surface area contributed by atoms with Gasteiger partial charge in [-0.05, 0) is 44.4 Å². The Kier molecular flexibility index (Phi) is 2.73. The molecule has 0 aliphatic carbocycles. The Labute approximate surface area is 112 Å². The van der Waals surface area contributed by atoms with E-state index in [-0.39, 0.29) is 5.91 Å². The molecule has 0 spiro atoms. The van der Waals surface area contributed by atoms with Crippen molar-refractivity contribution in [3.63, 3.8) is 0 Å². The van der Waals surface area contributed by atoms with Gasteiger partial charge in [0, 0.05) is 29.9 Å². The molecule has 0 saturated carbocycles. The third kappa shape index (κ3) is 1.79. The number of carbonyl (C=O) groups is 1. The van der Waals surface area contributed by atoms with E-state index in [9.17, 15) is 4.79 Å². The summed E-state index contributed by atoms with van der Waals surface area (Å²) >= 11 is 0. The van der Waals surface area contributed by atoms with E-state index in [0.29, 0.717) is 5.56 Å². The van der Waals surface area contributed by atoms with Crippen molar-refractivity contribution in [3.8, 4) is 0 Å². The molecule has 1 aromatic heterocycles. The Morgan fingerprint density at radius 3 is 2.58 bits per heavy atom. The summed E-state index contributed by atoms with van der Waals surface area (Å²) in [7, 11) is 0. The third-order valence-electron chi connectivity index (χ3n) is 4.15. The smallest absolute Gasteiger partial charge is 0.250 e. The van der Waals surface area contributed by atoms with E-state index in [0.717, 1.165) is 29.7 Å². The summed E-state index contributed by atoms with van der Waals surface area (Å²) in [6.45, 7) is 6.32. The van der Waals surface area contributed by atoms with Crippen molar-refractivity contribution in [2.75, 3.05) is 18.0 Å². The molecule has 0 atom stereocenters. The molecule has 1 saturated heterocycles. The maximum absolute atomic E-state index is 11.6. The summed E-state index contributed by atoms with van der Waals surface area (Å²) in [5, 5.41) is 1.15. The standard InChI is InChI=1S/C15H19N3O/c1-9-10(2)17-14-11(15(16)19)5-6-12(13(9)14)18-7-3-4-8-18/h5-6,17H,3-4,7-8H2,1-2H3,(H2,16,19). The highest BCUT2D eigenvalue weighted by molar-refractivity contribution is 6.10. The summed E-state index contributed by atoms with van der Waals surface area (Å²) in [6, 6.07) is 3.88. The molecule has 1 fully saturated rings. The number of nitrogens with two attached hydrogens (primary N) is 1. The van der Waals surface area contributed by atoms with Crippen LogP contribution in [0.5, 0.6) is 0 Å². The molecule has 100 valence electrons. The van der Waals surface area contributed by atoms with Crippen molar-refractivity contribution in [2.24, 2.45) is 5.73 Å². The lowest BCUT2D eigenvalue weighted by molar-refractivity contribution is 0.100. The van der Waals surface area contributed by atoms with Gasteiger partial charge in [-0.3, -0.25) is 4.79 Å². The van der Waals surface area contributed by atoms with E-state index in [2.05, 4.69) is 16.8 Å². The first-order chi connectivity index (χ1) is 9.09. The molecule has 1 amide bonds. The molecule has 0 unspecified atom stereocenters. The number of anilines is 1. The van der Waals surface area contributed by atoms with Crippen molar-refractivity contribution in [1.29, 1.82) is 0 Å². The van der Waals surface area contributed by atoms with Crippen LogP contribution in [0.25, 0.3) is 10.9 Å². The lowest BCUT2D eigenvalue weighted by atomic mass is 10.1. The maximum atomic E-state index is 11.6. The van der Waals surface area contributed by atoms with Crippen molar-refractivity contribution in [2.45, 2.75) is 26.7 Å². The van der Waals surface area contributed by atoms with Gasteiger partial charge in [-0.2, -0.15) is 0 Å². The van der Waals surface area contributed by atoms with Gasteiger partial charge in [0.25, 0.3) is 5.91 Å². The number of rotatable bonds is 2. The van der Waals surface area contributed by atoms with Gasteiger partial charge in [0.1, 0.15) is 0 Å². The monoisotopic (exact) mass is 257 g/mol. The average molecular weight is 257 g/mol. The lowest BCUT2D eigenvalue weighted by Gasteiger charge is -2.20. The Morgan fingerprint density at radius 2 is 1.95 bits per heavy atom. The maximum Gasteiger partial charge on any atom is 0.250 e. The van der Waals surface area contributed by atoms with Crippen LogP contribution in [0, 0.1) is 13.8 Å². The lowest BCUT2D eigenvalue weighted by Crippen LogP contribution is -2.19. The Morgan fingerprint density at radius 1 is 1.26 bits per heavy atom. The second kappa shape index (κ2) is 4.30. The summed E-state index contributed by atoms with van der Waals surface area (Å²) in [4.78, 5) is 17.3. The molecular weight excluding hydrogens is 238 g/mol. The number of nitrogens with zero attached hydrogens (tertiary/aromatic N) is 1. The number of nitrogens with one attached hydrogen (secondary N) is 1. The topological polar surface area (TPSA) is 62.1 Å². The molecule has 0 radical (unpaired) electrons. The fourth-order valence-electron chi connectivity index (χ4n) is 3.00. The number of fused-ring (bicyclic) bond motifs is 1. The molecule has 4 heteroatoms. The molecule has 1 aliphatic heterocycles. The molecule has 19 heavy (non-hydrogen) atoms. The summed E-state index contributed by atoms with van der Waals surface area (Å²) in [5.74, 6) is -0.376. The molecule has 2 aromatic rings. The SMILES string of the molecule is Cc1[nH]c2c(C(N)=O)ccc(N3CCCC3)c2c1C. The minimum absolute atomic E-state index is 0.376. The zero-order valence-corrected chi connectivity index (χ0v) is 11.4. The van der Waals surface area contributed by atoms with Crippen LogP contribution in [0.2, 0.25) is 0 Å². The van der Waals surface area contributed by atoms with Crippen LogP contribution in [-0.4, -0.2) is 24.0 Å². The number of aromatic amines is 1. The van der Waals surface area contributed by atoms with E-state index in [1.807, 2.05) is 19.1 Å². The van der Waals surface area contributed by atoms with Crippen molar-refractivity contribution >= 4 is 22.5 Å². The normalized spacial score (nSPS) is 15.4. The van der Waals surface area contributed by atoms with Crippen molar-refractivity contribution in [1.82, 2.24) is 4.98 Å². The highest BCUT2D eigenvalue weighted by Crippen LogP contribution is 2.35. The summed E-state index contributed by atoms with van der Waals surface area (Å²) < 4.78 is 0. The number of hydrogen-bond donors (Lipinski definition) is 2. The molecule has 3 rings (SSSR count). The van der Waals surface area contributed by atoms with Gasteiger partial charge in [0.05, 0.1) is 11.1 Å². The Bertz CT molecular complexity index is 651. The Hall–Kier alpha value is -1.97. The fraction of sp³-hybridized carbons (Fsp3) is 0.400. The fourth-order valence-corrected chi connectivity index (χ4v) is 3.00. The number of benzene rings is 1. The van der Waals surface area contributed by atoms with Gasteiger partial charge < -0.3 is 15.6 Å². The minimum atomic E-state index is -0.376. The van der Waals surface area contributed by atoms with E-state index in [1.54, 1.807) is 0 Å². The van der Waals surface area contributed by atoms with Gasteiger partial charge in [-0.15, -0.1) is 0 Å². The highest BCUT2D eigenvalue weighted by atomic mass is 16.1. The molecule has 3 N–H and O–H groups in total. The van der Waals surface area contributed by atoms with Crippen LogP contribution >= 0.6 is 0 Å². The molecular formula is C15H19N3O. The van der Waals surface area contributed by atoms with Crippen LogP contribution in [0.15, 0.2) is 12.1 Å². The van der Waals surface area contributed by atoms with Crippen molar-refractivity contribution < 1.29 is 4.79 Å². The number of H-pyrrole nitrogens is 1. The first-order valence-electron chi connectivity index (χ1n) is 6.76. The van der Waals surface area contributed by atoms with E-state index in [1.165, 1.54) is 24.1 Å². The predicted molar refractivity (Wildman–Crippen MR) is 77.7 cm³/mol. The van der Waals surface area contributed by atoms with Gasteiger partial charge in [0.15, 0.2) is 0 Å². The summed E-state index contributed by atoms with van der Waals surface area (Å²) in [6.07, 6.45) is 2.48. The number of aryl methyl sites for hydroxylation is 2. The second-order valence-electron chi connectivity index (χ2n) is 5.32. The van der Waals surface area contributed by atoms with Gasteiger partial charge >= 0.3 is 0 Å². The van der Waals surface area contributed by atoms with Crippen LogP contribution in [0.3, 0.4) is 0 Å². The number of primary amides is 1. The quantitative estimate of drug-likeness (QED) is 0.868. The first-order valence-corrected chi connectivity index (χ1v) is 6.76. The van der Waals surface area contributed by atoms with Crippen LogP contribution in [-0.2, 0) is 0 Å². The van der Waals surface area contributed by atoms with Gasteiger partial charge in [-0.1, -0.05) is 0 Å².